The molecule has 8 heteroatoms. The largest absolute Gasteiger partial charge is 0.497 e. The van der Waals surface area contributed by atoms with Gasteiger partial charge in [0.05, 0.1) is 34.0 Å². The summed E-state index contributed by atoms with van der Waals surface area (Å²) >= 11 is 4.79. The third kappa shape index (κ3) is 3.40. The molecular formula is C18H15N3O2S3. The number of nitrogens with zero attached hydrogens (tertiary/aromatic N) is 2. The van der Waals surface area contributed by atoms with Crippen molar-refractivity contribution in [2.75, 3.05) is 18.7 Å². The summed E-state index contributed by atoms with van der Waals surface area (Å²) in [7, 11) is 1.61. The molecule has 0 radical (unpaired) electrons. The number of methoxy groups -OCH3 is 1. The van der Waals surface area contributed by atoms with E-state index in [1.165, 1.54) is 11.3 Å². The zero-order chi connectivity index (χ0) is 18.1. The van der Waals surface area contributed by atoms with Crippen LogP contribution >= 0.6 is 34.4 Å². The molecule has 0 saturated heterocycles. The minimum atomic E-state index is -0.0948. The highest BCUT2D eigenvalue weighted by molar-refractivity contribution is 8.00. The van der Waals surface area contributed by atoms with E-state index in [2.05, 4.69) is 15.3 Å². The number of hydrogen-bond donors (Lipinski definition) is 1. The molecule has 0 aliphatic heterocycles. The van der Waals surface area contributed by atoms with Gasteiger partial charge < -0.3 is 10.1 Å². The predicted octanol–water partition coefficient (Wildman–Crippen LogP) is 4.82. The third-order valence-corrected chi connectivity index (χ3v) is 7.02. The number of amides is 1. The lowest BCUT2D eigenvalue weighted by molar-refractivity contribution is -0.115. The summed E-state index contributed by atoms with van der Waals surface area (Å²) in [5, 5.41) is 3.52. The van der Waals surface area contributed by atoms with Crippen LogP contribution in [-0.4, -0.2) is 29.2 Å². The van der Waals surface area contributed by atoms with E-state index in [0.717, 1.165) is 36.1 Å². The van der Waals surface area contributed by atoms with E-state index in [0.29, 0.717) is 5.13 Å². The lowest BCUT2D eigenvalue weighted by Gasteiger charge is -2.04. The fourth-order valence-corrected chi connectivity index (χ4v) is 5.30. The van der Waals surface area contributed by atoms with Gasteiger partial charge in [0.1, 0.15) is 5.75 Å². The molecule has 0 aliphatic rings. The number of aromatic nitrogens is 2. The van der Waals surface area contributed by atoms with Gasteiger partial charge in [-0.15, -0.1) is 11.3 Å². The van der Waals surface area contributed by atoms with Crippen molar-refractivity contribution in [3.8, 4) is 5.75 Å². The second kappa shape index (κ2) is 7.22. The fraction of sp³-hybridized carbons (Fsp3) is 0.167. The average molecular weight is 402 g/mol. The Morgan fingerprint density at radius 1 is 1.15 bits per heavy atom. The number of fused-ring (bicyclic) bond motifs is 3. The van der Waals surface area contributed by atoms with Crippen LogP contribution < -0.4 is 10.1 Å². The van der Waals surface area contributed by atoms with Gasteiger partial charge in [-0.2, -0.15) is 0 Å². The van der Waals surface area contributed by atoms with Gasteiger partial charge in [0.15, 0.2) is 9.47 Å². The van der Waals surface area contributed by atoms with Crippen LogP contribution in [-0.2, 0) is 11.2 Å². The number of benzene rings is 2. The molecule has 2 heterocycles. The average Bonchev–Trinajstić information content (AvgIpc) is 3.24. The van der Waals surface area contributed by atoms with Gasteiger partial charge in [-0.25, -0.2) is 9.97 Å². The lowest BCUT2D eigenvalue weighted by atomic mass is 10.1. The molecule has 4 rings (SSSR count). The molecule has 0 unspecified atom stereocenters. The molecule has 0 bridgehead atoms. The normalized spacial score (nSPS) is 11.2. The summed E-state index contributed by atoms with van der Waals surface area (Å²) in [5.74, 6) is 0.648. The first-order valence-corrected chi connectivity index (χ1v) is 10.7. The summed E-state index contributed by atoms with van der Waals surface area (Å²) in [4.78, 5) is 21.5. The molecule has 5 nitrogen and oxygen atoms in total. The SMILES string of the molecule is COc1cccc(CC(=O)Nc2nc3ccc4nc(SC)sc4c3s2)c1. The quantitative estimate of drug-likeness (QED) is 0.486. The van der Waals surface area contributed by atoms with Crippen molar-refractivity contribution < 1.29 is 9.53 Å². The first kappa shape index (κ1) is 17.3. The van der Waals surface area contributed by atoms with Crippen LogP contribution in [0.1, 0.15) is 5.56 Å². The molecular weight excluding hydrogens is 386 g/mol. The maximum atomic E-state index is 12.4. The van der Waals surface area contributed by atoms with E-state index in [1.807, 2.05) is 42.7 Å². The van der Waals surface area contributed by atoms with E-state index in [4.69, 9.17) is 4.74 Å². The van der Waals surface area contributed by atoms with E-state index < -0.39 is 0 Å². The van der Waals surface area contributed by atoms with Crippen LogP contribution in [0, 0.1) is 0 Å². The molecule has 2 aromatic carbocycles. The van der Waals surface area contributed by atoms with Crippen molar-refractivity contribution in [2.45, 2.75) is 10.8 Å². The van der Waals surface area contributed by atoms with Gasteiger partial charge in [0.2, 0.25) is 5.91 Å². The Balaban J connectivity index is 1.57. The standard InChI is InChI=1S/C18H15N3O2S3/c1-23-11-5-3-4-10(8-11)9-14(22)21-17-19-12-6-7-13-16(15(12)25-17)26-18(20-13)24-2/h3-8H,9H2,1-2H3,(H,19,21,22). The second-order valence-corrected chi connectivity index (χ2v) is 8.59. The highest BCUT2D eigenvalue weighted by Crippen LogP contribution is 2.38. The Bertz CT molecular complexity index is 1100. The van der Waals surface area contributed by atoms with Crippen LogP contribution in [0.3, 0.4) is 0 Å². The molecule has 0 atom stereocenters. The third-order valence-electron chi connectivity index (χ3n) is 3.81. The Kier molecular flexibility index (Phi) is 4.80. The number of thiazole rings is 2. The van der Waals surface area contributed by atoms with Crippen molar-refractivity contribution >= 4 is 65.9 Å². The first-order valence-electron chi connectivity index (χ1n) is 7.83. The Hall–Kier alpha value is -2.16. The summed E-state index contributed by atoms with van der Waals surface area (Å²) in [6.07, 6.45) is 2.30. The molecule has 0 saturated carbocycles. The van der Waals surface area contributed by atoms with Crippen molar-refractivity contribution in [2.24, 2.45) is 0 Å². The highest BCUT2D eigenvalue weighted by atomic mass is 32.2. The molecule has 0 spiro atoms. The van der Waals surface area contributed by atoms with Crippen LogP contribution in [0.4, 0.5) is 5.13 Å². The number of carbonyl (C=O) groups excluding carboxylic acids is 1. The zero-order valence-electron chi connectivity index (χ0n) is 14.1. The van der Waals surface area contributed by atoms with Gasteiger partial charge in [-0.05, 0) is 36.1 Å². The molecule has 4 aromatic rings. The van der Waals surface area contributed by atoms with Gasteiger partial charge in [0, 0.05) is 0 Å². The summed E-state index contributed by atoms with van der Waals surface area (Å²) in [5.41, 5.74) is 2.76. The van der Waals surface area contributed by atoms with Crippen LogP contribution in [0.5, 0.6) is 5.75 Å². The number of ether oxygens (including phenoxy) is 1. The molecule has 1 amide bonds. The minimum absolute atomic E-state index is 0.0948. The smallest absolute Gasteiger partial charge is 0.230 e. The number of thioether (sulfide) groups is 1. The summed E-state index contributed by atoms with van der Waals surface area (Å²) in [6, 6.07) is 11.4. The zero-order valence-corrected chi connectivity index (χ0v) is 16.6. The maximum absolute atomic E-state index is 12.4. The lowest BCUT2D eigenvalue weighted by Crippen LogP contribution is -2.14. The maximum Gasteiger partial charge on any atom is 0.230 e. The van der Waals surface area contributed by atoms with Gasteiger partial charge in [-0.1, -0.05) is 35.2 Å². The van der Waals surface area contributed by atoms with E-state index in [-0.39, 0.29) is 12.3 Å². The van der Waals surface area contributed by atoms with Crippen molar-refractivity contribution in [1.82, 2.24) is 9.97 Å². The second-order valence-electron chi connectivity index (χ2n) is 5.54. The van der Waals surface area contributed by atoms with Gasteiger partial charge in [-0.3, -0.25) is 4.79 Å². The van der Waals surface area contributed by atoms with Crippen molar-refractivity contribution in [1.29, 1.82) is 0 Å². The van der Waals surface area contributed by atoms with Crippen LogP contribution in [0.25, 0.3) is 20.4 Å². The summed E-state index contributed by atoms with van der Waals surface area (Å²) < 4.78 is 8.42. The number of hydrogen-bond acceptors (Lipinski definition) is 7. The number of carbonyl (C=O) groups is 1. The number of nitrogens with one attached hydrogen (secondary N) is 1. The molecule has 2 aromatic heterocycles. The monoisotopic (exact) mass is 401 g/mol. The minimum Gasteiger partial charge on any atom is -0.497 e. The topological polar surface area (TPSA) is 64.1 Å². The predicted molar refractivity (Wildman–Crippen MR) is 110 cm³/mol. The molecule has 132 valence electrons. The Morgan fingerprint density at radius 3 is 2.69 bits per heavy atom. The number of rotatable bonds is 5. The van der Waals surface area contributed by atoms with E-state index in [1.54, 1.807) is 30.2 Å². The van der Waals surface area contributed by atoms with Gasteiger partial charge in [0.25, 0.3) is 0 Å². The van der Waals surface area contributed by atoms with Crippen LogP contribution in [0.15, 0.2) is 40.7 Å². The van der Waals surface area contributed by atoms with E-state index in [9.17, 15) is 4.79 Å². The first-order chi connectivity index (χ1) is 12.7. The molecule has 26 heavy (non-hydrogen) atoms. The van der Waals surface area contributed by atoms with Gasteiger partial charge >= 0.3 is 0 Å². The molecule has 0 fully saturated rings. The van der Waals surface area contributed by atoms with Crippen molar-refractivity contribution in [3.05, 3.63) is 42.0 Å². The molecule has 1 N–H and O–H groups in total. The number of anilines is 1. The molecule has 0 aliphatic carbocycles. The van der Waals surface area contributed by atoms with Crippen LogP contribution in [0.2, 0.25) is 0 Å². The Labute approximate surface area is 162 Å². The summed E-state index contributed by atoms with van der Waals surface area (Å²) in [6.45, 7) is 0. The van der Waals surface area contributed by atoms with Crippen molar-refractivity contribution in [3.63, 3.8) is 0 Å². The van der Waals surface area contributed by atoms with E-state index >= 15 is 0 Å². The Morgan fingerprint density at radius 2 is 1.92 bits per heavy atom. The highest BCUT2D eigenvalue weighted by Gasteiger charge is 2.13. The fourth-order valence-electron chi connectivity index (χ4n) is 2.62.